The molecular formula is C13H14N4O. The first-order valence-corrected chi connectivity index (χ1v) is 5.87. The first-order valence-electron chi connectivity index (χ1n) is 5.87. The fourth-order valence-corrected chi connectivity index (χ4v) is 2.02. The summed E-state index contributed by atoms with van der Waals surface area (Å²) < 4.78 is 0. The number of benzene rings is 1. The second kappa shape index (κ2) is 3.96. The van der Waals surface area contributed by atoms with E-state index in [-0.39, 0.29) is 12.1 Å². The molecule has 0 saturated heterocycles. The van der Waals surface area contributed by atoms with Gasteiger partial charge in [-0.15, -0.1) is 0 Å². The highest BCUT2D eigenvalue weighted by molar-refractivity contribution is 6.06. The Balaban J connectivity index is 2.08. The van der Waals surface area contributed by atoms with Gasteiger partial charge in [0.1, 0.15) is 5.82 Å². The molecule has 5 N–H and O–H groups in total. The molecule has 2 aromatic rings. The number of amides is 1. The van der Waals surface area contributed by atoms with E-state index in [9.17, 15) is 4.79 Å². The van der Waals surface area contributed by atoms with Crippen molar-refractivity contribution < 1.29 is 4.79 Å². The number of para-hydroxylation sites is 1. The van der Waals surface area contributed by atoms with E-state index in [2.05, 4.69) is 10.3 Å². The molecule has 5 heteroatoms. The summed E-state index contributed by atoms with van der Waals surface area (Å²) in [5.41, 5.74) is 12.4. The highest BCUT2D eigenvalue weighted by atomic mass is 16.1. The second-order valence-corrected chi connectivity index (χ2v) is 4.59. The minimum absolute atomic E-state index is 0.176. The lowest BCUT2D eigenvalue weighted by atomic mass is 10.1. The van der Waals surface area contributed by atoms with Crippen LogP contribution in [0.4, 0.5) is 5.82 Å². The Bertz CT molecular complexity index is 625. The molecule has 1 amide bonds. The third kappa shape index (κ3) is 1.89. The largest absolute Gasteiger partial charge is 0.366 e. The lowest BCUT2D eigenvalue weighted by molar-refractivity contribution is 0.100. The molecule has 18 heavy (non-hydrogen) atoms. The van der Waals surface area contributed by atoms with Gasteiger partial charge in [-0.2, -0.15) is 0 Å². The number of anilines is 1. The van der Waals surface area contributed by atoms with Crippen LogP contribution in [0.15, 0.2) is 30.3 Å². The van der Waals surface area contributed by atoms with Crippen molar-refractivity contribution >= 4 is 22.6 Å². The van der Waals surface area contributed by atoms with Gasteiger partial charge < -0.3 is 16.8 Å². The maximum Gasteiger partial charge on any atom is 0.249 e. The molecule has 0 radical (unpaired) electrons. The van der Waals surface area contributed by atoms with Crippen LogP contribution in [0.5, 0.6) is 0 Å². The standard InChI is InChI=1S/C13H14N4O/c14-9-6-11(9)17-12-5-8(13(15)18)7-3-1-2-4-10(7)16-12/h1-5,9,11H,6,14H2,(H2,15,18)(H,16,17). The molecule has 2 unspecified atom stereocenters. The number of carbonyl (C=O) groups is 1. The number of pyridine rings is 1. The van der Waals surface area contributed by atoms with Crippen molar-refractivity contribution in [1.29, 1.82) is 0 Å². The summed E-state index contributed by atoms with van der Waals surface area (Å²) in [4.78, 5) is 15.9. The summed E-state index contributed by atoms with van der Waals surface area (Å²) in [5.74, 6) is 0.206. The van der Waals surface area contributed by atoms with E-state index in [1.807, 2.05) is 24.3 Å². The predicted molar refractivity (Wildman–Crippen MR) is 70.3 cm³/mol. The van der Waals surface area contributed by atoms with Crippen molar-refractivity contribution in [3.63, 3.8) is 0 Å². The van der Waals surface area contributed by atoms with Gasteiger partial charge in [0.05, 0.1) is 11.1 Å². The number of nitrogens with one attached hydrogen (secondary N) is 1. The molecule has 0 aliphatic heterocycles. The molecule has 0 bridgehead atoms. The number of carbonyl (C=O) groups excluding carboxylic acids is 1. The van der Waals surface area contributed by atoms with Crippen LogP contribution < -0.4 is 16.8 Å². The molecular weight excluding hydrogens is 228 g/mol. The fraction of sp³-hybridized carbons (Fsp3) is 0.231. The minimum atomic E-state index is -0.447. The Kier molecular flexibility index (Phi) is 2.41. The van der Waals surface area contributed by atoms with E-state index in [1.165, 1.54) is 0 Å². The lowest BCUT2D eigenvalue weighted by Crippen LogP contribution is -2.16. The van der Waals surface area contributed by atoms with Gasteiger partial charge in [-0.1, -0.05) is 18.2 Å². The fourth-order valence-electron chi connectivity index (χ4n) is 2.02. The normalized spacial score (nSPS) is 21.8. The van der Waals surface area contributed by atoms with Crippen LogP contribution >= 0.6 is 0 Å². The van der Waals surface area contributed by atoms with Crippen LogP contribution in [-0.2, 0) is 0 Å². The number of nitrogens with zero attached hydrogens (tertiary/aromatic N) is 1. The van der Waals surface area contributed by atoms with Gasteiger partial charge in [0.2, 0.25) is 5.91 Å². The Morgan fingerprint density at radius 1 is 1.39 bits per heavy atom. The number of rotatable bonds is 3. The van der Waals surface area contributed by atoms with Crippen molar-refractivity contribution in [3.05, 3.63) is 35.9 Å². The number of primary amides is 1. The molecule has 0 spiro atoms. The van der Waals surface area contributed by atoms with E-state index in [1.54, 1.807) is 6.07 Å². The Morgan fingerprint density at radius 3 is 2.78 bits per heavy atom. The number of hydrogen-bond acceptors (Lipinski definition) is 4. The average molecular weight is 242 g/mol. The Labute approximate surface area is 104 Å². The number of hydrogen-bond donors (Lipinski definition) is 3. The van der Waals surface area contributed by atoms with Gasteiger partial charge >= 0.3 is 0 Å². The first-order chi connectivity index (χ1) is 8.65. The summed E-state index contributed by atoms with van der Waals surface area (Å²) in [6.45, 7) is 0. The summed E-state index contributed by atoms with van der Waals surface area (Å²) in [6, 6.07) is 9.56. The molecule has 1 heterocycles. The maximum absolute atomic E-state index is 11.5. The van der Waals surface area contributed by atoms with E-state index in [0.29, 0.717) is 11.4 Å². The van der Waals surface area contributed by atoms with Gasteiger partial charge in [-0.25, -0.2) is 4.98 Å². The van der Waals surface area contributed by atoms with Crippen molar-refractivity contribution in [1.82, 2.24) is 4.98 Å². The predicted octanol–water partition coefficient (Wildman–Crippen LogP) is 0.845. The van der Waals surface area contributed by atoms with Crippen molar-refractivity contribution in [2.45, 2.75) is 18.5 Å². The van der Waals surface area contributed by atoms with Crippen LogP contribution in [0, 0.1) is 0 Å². The van der Waals surface area contributed by atoms with Gasteiger partial charge in [0, 0.05) is 17.5 Å². The van der Waals surface area contributed by atoms with Crippen molar-refractivity contribution in [3.8, 4) is 0 Å². The molecule has 1 aliphatic carbocycles. The van der Waals surface area contributed by atoms with Gasteiger partial charge in [-0.3, -0.25) is 4.79 Å². The van der Waals surface area contributed by atoms with E-state index in [4.69, 9.17) is 11.5 Å². The first kappa shape index (κ1) is 11.0. The Morgan fingerprint density at radius 2 is 2.11 bits per heavy atom. The van der Waals surface area contributed by atoms with E-state index in [0.717, 1.165) is 17.3 Å². The third-order valence-electron chi connectivity index (χ3n) is 3.15. The monoisotopic (exact) mass is 242 g/mol. The summed E-state index contributed by atoms with van der Waals surface area (Å²) in [5, 5.41) is 3.98. The zero-order valence-corrected chi connectivity index (χ0v) is 9.76. The molecule has 1 saturated carbocycles. The number of fused-ring (bicyclic) bond motifs is 1. The summed E-state index contributed by atoms with van der Waals surface area (Å²) in [7, 11) is 0. The van der Waals surface area contributed by atoms with Crippen molar-refractivity contribution in [2.24, 2.45) is 11.5 Å². The molecule has 5 nitrogen and oxygen atoms in total. The van der Waals surface area contributed by atoms with Crippen LogP contribution in [0.1, 0.15) is 16.8 Å². The van der Waals surface area contributed by atoms with E-state index < -0.39 is 5.91 Å². The molecule has 3 rings (SSSR count). The number of nitrogens with two attached hydrogens (primary N) is 2. The van der Waals surface area contributed by atoms with Crippen LogP contribution in [0.2, 0.25) is 0 Å². The zero-order valence-electron chi connectivity index (χ0n) is 9.76. The number of aromatic nitrogens is 1. The van der Waals surface area contributed by atoms with Crippen LogP contribution in [0.25, 0.3) is 10.9 Å². The molecule has 92 valence electrons. The average Bonchev–Trinajstić information content (AvgIpc) is 3.03. The highest BCUT2D eigenvalue weighted by Gasteiger charge is 2.33. The molecule has 1 aromatic heterocycles. The van der Waals surface area contributed by atoms with Gasteiger partial charge in [0.25, 0.3) is 0 Å². The lowest BCUT2D eigenvalue weighted by Gasteiger charge is -2.08. The molecule has 1 fully saturated rings. The Hall–Kier alpha value is -2.14. The molecule has 2 atom stereocenters. The van der Waals surface area contributed by atoms with Crippen LogP contribution in [-0.4, -0.2) is 23.0 Å². The molecule has 1 aliphatic rings. The topological polar surface area (TPSA) is 94.0 Å². The van der Waals surface area contributed by atoms with Gasteiger partial charge in [0.15, 0.2) is 0 Å². The van der Waals surface area contributed by atoms with E-state index >= 15 is 0 Å². The second-order valence-electron chi connectivity index (χ2n) is 4.59. The van der Waals surface area contributed by atoms with Crippen molar-refractivity contribution in [2.75, 3.05) is 5.32 Å². The minimum Gasteiger partial charge on any atom is -0.366 e. The maximum atomic E-state index is 11.5. The summed E-state index contributed by atoms with van der Waals surface area (Å²) >= 11 is 0. The summed E-state index contributed by atoms with van der Waals surface area (Å²) in [6.07, 6.45) is 0.931. The smallest absolute Gasteiger partial charge is 0.249 e. The quantitative estimate of drug-likeness (QED) is 0.743. The van der Waals surface area contributed by atoms with Crippen LogP contribution in [0.3, 0.4) is 0 Å². The third-order valence-corrected chi connectivity index (χ3v) is 3.15. The SMILES string of the molecule is NC(=O)c1cc(NC2CC2N)nc2ccccc12. The zero-order chi connectivity index (χ0) is 12.7. The highest BCUT2D eigenvalue weighted by Crippen LogP contribution is 2.26. The molecule has 1 aromatic carbocycles. The van der Waals surface area contributed by atoms with Gasteiger partial charge in [-0.05, 0) is 18.6 Å².